The van der Waals surface area contributed by atoms with Crippen molar-refractivity contribution in [3.8, 4) is 23.5 Å². The van der Waals surface area contributed by atoms with E-state index in [1.807, 2.05) is 0 Å². The molecular formula is C14H9BF4N2. The monoisotopic (exact) mass is 292 g/mol. The van der Waals surface area contributed by atoms with E-state index in [-0.39, 0.29) is 0 Å². The third kappa shape index (κ3) is 5.79. The summed E-state index contributed by atoms with van der Waals surface area (Å²) in [5.41, 5.74) is 3.89. The lowest BCUT2D eigenvalue weighted by molar-refractivity contribution is 0.368. The van der Waals surface area contributed by atoms with E-state index in [0.717, 1.165) is 0 Å². The Bertz CT molecular complexity index is 622. The molecule has 0 unspecified atom stereocenters. The quantitative estimate of drug-likeness (QED) is 0.244. The number of benzene rings is 2. The van der Waals surface area contributed by atoms with Gasteiger partial charge in [-0.1, -0.05) is 42.3 Å². The number of hydrogen-bond donors (Lipinski definition) is 0. The Morgan fingerprint density at radius 1 is 0.905 bits per heavy atom. The van der Waals surface area contributed by atoms with Gasteiger partial charge < -0.3 is 17.3 Å². The van der Waals surface area contributed by atoms with Gasteiger partial charge in [-0.25, -0.2) is 0 Å². The van der Waals surface area contributed by atoms with Crippen molar-refractivity contribution >= 4 is 12.9 Å². The molecule has 0 fully saturated rings. The van der Waals surface area contributed by atoms with E-state index in [9.17, 15) is 17.3 Å². The van der Waals surface area contributed by atoms with Crippen molar-refractivity contribution in [1.29, 1.82) is 5.39 Å². The first-order chi connectivity index (χ1) is 9.85. The predicted octanol–water partition coefficient (Wildman–Crippen LogP) is 5.12. The minimum Gasteiger partial charge on any atom is -0.418 e. The molecule has 1 aromatic rings. The van der Waals surface area contributed by atoms with Crippen LogP contribution in [0.4, 0.5) is 23.0 Å². The molecule has 2 aliphatic carbocycles. The van der Waals surface area contributed by atoms with E-state index in [2.05, 4.69) is 35.2 Å². The number of terminal acetylenes is 1. The van der Waals surface area contributed by atoms with Crippen molar-refractivity contribution in [2.45, 2.75) is 0 Å². The molecule has 1 aromatic carbocycles. The SMILES string of the molecule is C#Cc1ccccc1[N+]#N.F[B-](F)(F)F.c1cc2ccc1-2. The molecule has 0 N–H and O–H groups in total. The van der Waals surface area contributed by atoms with Gasteiger partial charge in [0.15, 0.2) is 4.98 Å². The van der Waals surface area contributed by atoms with E-state index in [4.69, 9.17) is 11.8 Å². The fourth-order valence-electron chi connectivity index (χ4n) is 1.35. The Morgan fingerprint density at radius 3 is 1.57 bits per heavy atom. The molecule has 3 rings (SSSR count). The molecule has 0 heterocycles. The average molecular weight is 292 g/mol. The van der Waals surface area contributed by atoms with Crippen LogP contribution in [0.3, 0.4) is 0 Å². The fraction of sp³-hybridized carbons (Fsp3) is 0. The van der Waals surface area contributed by atoms with E-state index < -0.39 is 7.25 Å². The Labute approximate surface area is 119 Å². The molecule has 0 radical (unpaired) electrons. The number of hydrogen-bond acceptors (Lipinski definition) is 1. The molecule has 0 aliphatic heterocycles. The second-order valence-corrected chi connectivity index (χ2v) is 3.83. The van der Waals surface area contributed by atoms with Gasteiger partial charge in [0.2, 0.25) is 5.39 Å². The summed E-state index contributed by atoms with van der Waals surface area (Å²) in [5, 5.41) is 8.38. The number of halogens is 4. The zero-order valence-corrected chi connectivity index (χ0v) is 10.7. The maximum absolute atomic E-state index is 9.75. The van der Waals surface area contributed by atoms with E-state index in [1.54, 1.807) is 24.3 Å². The van der Waals surface area contributed by atoms with Crippen molar-refractivity contribution in [1.82, 2.24) is 0 Å². The molecule has 0 saturated carbocycles. The summed E-state index contributed by atoms with van der Waals surface area (Å²) in [6.07, 6.45) is 5.11. The highest BCUT2D eigenvalue weighted by Crippen LogP contribution is 2.29. The first-order valence-electron chi connectivity index (χ1n) is 5.73. The van der Waals surface area contributed by atoms with Crippen molar-refractivity contribution in [2.24, 2.45) is 0 Å². The minimum absolute atomic E-state index is 0.435. The van der Waals surface area contributed by atoms with E-state index in [0.29, 0.717) is 11.3 Å². The Morgan fingerprint density at radius 2 is 1.33 bits per heavy atom. The zero-order chi connectivity index (χ0) is 15.9. The molecule has 0 bridgehead atoms. The predicted molar refractivity (Wildman–Crippen MR) is 74.7 cm³/mol. The van der Waals surface area contributed by atoms with Gasteiger partial charge in [-0.05, 0) is 17.2 Å². The van der Waals surface area contributed by atoms with Crippen LogP contribution in [-0.4, -0.2) is 7.25 Å². The maximum Gasteiger partial charge on any atom is 0.673 e. The summed E-state index contributed by atoms with van der Waals surface area (Å²) >= 11 is 0. The highest BCUT2D eigenvalue weighted by atomic mass is 19.5. The topological polar surface area (TPSA) is 28.1 Å². The summed E-state index contributed by atoms with van der Waals surface area (Å²) in [6, 6.07) is 15.4. The van der Waals surface area contributed by atoms with Gasteiger partial charge in [0, 0.05) is 6.07 Å². The largest absolute Gasteiger partial charge is 0.673 e. The molecular weight excluding hydrogens is 283 g/mol. The highest BCUT2D eigenvalue weighted by Gasteiger charge is 2.20. The molecule has 7 heteroatoms. The summed E-state index contributed by atoms with van der Waals surface area (Å²) in [4.78, 5) is 3.00. The van der Waals surface area contributed by atoms with Gasteiger partial charge in [-0.3, -0.25) is 0 Å². The van der Waals surface area contributed by atoms with E-state index in [1.165, 1.54) is 11.1 Å². The summed E-state index contributed by atoms with van der Waals surface area (Å²) in [7, 11) is -6.00. The van der Waals surface area contributed by atoms with Crippen LogP contribution in [0, 0.1) is 17.7 Å². The highest BCUT2D eigenvalue weighted by molar-refractivity contribution is 6.50. The second kappa shape index (κ2) is 7.11. The number of fused-ring (bicyclic) bond motifs is 1. The van der Waals surface area contributed by atoms with E-state index >= 15 is 0 Å². The maximum atomic E-state index is 9.75. The first-order valence-corrected chi connectivity index (χ1v) is 5.73. The molecule has 0 saturated heterocycles. The lowest BCUT2D eigenvalue weighted by atomic mass is 9.95. The Balaban J connectivity index is 0.000000171. The van der Waals surface area contributed by atoms with Gasteiger partial charge in [-0.2, -0.15) is 0 Å². The van der Waals surface area contributed by atoms with Crippen LogP contribution >= 0.6 is 0 Å². The molecule has 21 heavy (non-hydrogen) atoms. The summed E-state index contributed by atoms with van der Waals surface area (Å²) < 4.78 is 39.0. The molecule has 2 aliphatic rings. The van der Waals surface area contributed by atoms with Gasteiger partial charge in [0.05, 0.1) is 0 Å². The number of rotatable bonds is 0. The third-order valence-electron chi connectivity index (χ3n) is 2.39. The third-order valence-corrected chi connectivity index (χ3v) is 2.39. The zero-order valence-electron chi connectivity index (χ0n) is 10.7. The molecule has 0 spiro atoms. The molecule has 0 atom stereocenters. The first kappa shape index (κ1) is 16.3. The van der Waals surface area contributed by atoms with Crippen LogP contribution in [0.15, 0.2) is 48.5 Å². The van der Waals surface area contributed by atoms with Crippen LogP contribution in [-0.2, 0) is 0 Å². The summed E-state index contributed by atoms with van der Waals surface area (Å²) in [6.45, 7) is 0. The lowest BCUT2D eigenvalue weighted by Crippen LogP contribution is -2.02. The van der Waals surface area contributed by atoms with Crippen molar-refractivity contribution in [3.63, 3.8) is 0 Å². The summed E-state index contributed by atoms with van der Waals surface area (Å²) in [5.74, 6) is 2.39. The van der Waals surface area contributed by atoms with Gasteiger partial charge in [0.25, 0.3) is 0 Å². The number of nitrogens with zero attached hydrogens (tertiary/aromatic N) is 2. The van der Waals surface area contributed by atoms with Crippen molar-refractivity contribution in [3.05, 3.63) is 59.1 Å². The van der Waals surface area contributed by atoms with Crippen LogP contribution in [0.1, 0.15) is 5.56 Å². The Kier molecular flexibility index (Phi) is 5.51. The molecule has 0 amide bonds. The number of diazo groups is 1. The lowest BCUT2D eigenvalue weighted by Gasteiger charge is -2.10. The van der Waals surface area contributed by atoms with Crippen LogP contribution in [0.25, 0.3) is 16.1 Å². The normalized spacial score (nSPS) is 9.81. The van der Waals surface area contributed by atoms with Crippen LogP contribution in [0.2, 0.25) is 0 Å². The van der Waals surface area contributed by atoms with Crippen molar-refractivity contribution < 1.29 is 17.3 Å². The smallest absolute Gasteiger partial charge is 0.418 e. The molecule has 106 valence electrons. The van der Waals surface area contributed by atoms with Crippen LogP contribution in [0.5, 0.6) is 0 Å². The molecule has 0 aromatic heterocycles. The fourth-order valence-corrected chi connectivity index (χ4v) is 1.35. The van der Waals surface area contributed by atoms with Crippen molar-refractivity contribution in [2.75, 3.05) is 0 Å². The second-order valence-electron chi connectivity index (χ2n) is 3.83. The van der Waals surface area contributed by atoms with Gasteiger partial charge in [0.1, 0.15) is 5.56 Å². The standard InChI is InChI=1S/C8H5N2.C6H4.BF4/c1-2-7-5-3-4-6-8(7)10-9;1-2-6-4-3-5(1)6;2-1(3,4)5/h1,3-6H;1-4H;/q+1;;-1. The average Bonchev–Trinajstić information content (AvgIpc) is 2.41. The van der Waals surface area contributed by atoms with Gasteiger partial charge in [-0.15, -0.1) is 6.42 Å². The minimum atomic E-state index is -6.00. The Hall–Kier alpha value is -2.80. The van der Waals surface area contributed by atoms with Gasteiger partial charge >= 0.3 is 12.9 Å². The van der Waals surface area contributed by atoms with Crippen LogP contribution < -0.4 is 0 Å². The molecule has 2 nitrogen and oxygen atoms in total.